The molecule has 5 heteroatoms. The number of hydrogen-bond donors (Lipinski definition) is 2. The number of rotatable bonds is 5. The van der Waals surface area contributed by atoms with Crippen molar-refractivity contribution in [1.82, 2.24) is 14.9 Å². The van der Waals surface area contributed by atoms with Crippen molar-refractivity contribution in [2.45, 2.75) is 58.2 Å². The number of amides is 1. The molecular weight excluding hydrogens is 314 g/mol. The molecule has 1 amide bonds. The second-order valence-electron chi connectivity index (χ2n) is 7.92. The lowest BCUT2D eigenvalue weighted by Crippen LogP contribution is -2.41. The molecule has 5 unspecified atom stereocenters. The van der Waals surface area contributed by atoms with Crippen molar-refractivity contribution in [3.8, 4) is 0 Å². The highest BCUT2D eigenvalue weighted by atomic mass is 16.3. The van der Waals surface area contributed by atoms with Crippen LogP contribution in [0.2, 0.25) is 0 Å². The smallest absolute Gasteiger partial charge is 0.240 e. The van der Waals surface area contributed by atoms with Crippen LogP contribution in [0.1, 0.15) is 51.5 Å². The van der Waals surface area contributed by atoms with Crippen LogP contribution in [-0.4, -0.2) is 26.6 Å². The highest BCUT2D eigenvalue weighted by Crippen LogP contribution is 2.49. The Hall–Kier alpha value is -1.88. The zero-order valence-electron chi connectivity index (χ0n) is 15.0. The summed E-state index contributed by atoms with van der Waals surface area (Å²) >= 11 is 0. The topological polar surface area (TPSA) is 67.2 Å². The van der Waals surface area contributed by atoms with Crippen LogP contribution in [0.25, 0.3) is 11.0 Å². The molecule has 0 spiro atoms. The van der Waals surface area contributed by atoms with Crippen molar-refractivity contribution in [2.24, 2.45) is 17.8 Å². The number of aromatic nitrogens is 2. The fourth-order valence-electron chi connectivity index (χ4n) is 5.04. The molecule has 2 aromatic rings. The Morgan fingerprint density at radius 2 is 2.12 bits per heavy atom. The van der Waals surface area contributed by atoms with Crippen LogP contribution in [0.4, 0.5) is 0 Å². The standard InChI is InChI=1S/C20H27N3O2/c1-12(16-10-14-7-8-15(16)9-14)21-19(25)11-23-18-6-4-3-5-17(18)22-20(23)13(2)24/h3-6,12-16,24H,7-11H2,1-2H3,(H,21,25). The van der Waals surface area contributed by atoms with Gasteiger partial charge in [0.1, 0.15) is 18.5 Å². The van der Waals surface area contributed by atoms with Gasteiger partial charge >= 0.3 is 0 Å². The van der Waals surface area contributed by atoms with Crippen LogP contribution in [0, 0.1) is 17.8 Å². The van der Waals surface area contributed by atoms with Crippen molar-refractivity contribution in [3.05, 3.63) is 30.1 Å². The molecule has 2 aliphatic rings. The fraction of sp³-hybridized carbons (Fsp3) is 0.600. The Bertz CT molecular complexity index is 782. The van der Waals surface area contributed by atoms with Gasteiger partial charge in [0, 0.05) is 6.04 Å². The van der Waals surface area contributed by atoms with Gasteiger partial charge < -0.3 is 15.0 Å². The number of aliphatic hydroxyl groups excluding tert-OH is 1. The largest absolute Gasteiger partial charge is 0.385 e. The number of imidazole rings is 1. The van der Waals surface area contributed by atoms with E-state index in [9.17, 15) is 9.90 Å². The van der Waals surface area contributed by atoms with Crippen LogP contribution in [0.5, 0.6) is 0 Å². The fourth-order valence-corrected chi connectivity index (χ4v) is 5.04. The Morgan fingerprint density at radius 1 is 1.32 bits per heavy atom. The van der Waals surface area contributed by atoms with Gasteiger partial charge in [-0.25, -0.2) is 4.98 Å². The van der Waals surface area contributed by atoms with E-state index >= 15 is 0 Å². The Kier molecular flexibility index (Phi) is 4.28. The van der Waals surface area contributed by atoms with E-state index in [2.05, 4.69) is 17.2 Å². The Labute approximate surface area is 148 Å². The molecule has 2 N–H and O–H groups in total. The highest BCUT2D eigenvalue weighted by Gasteiger charge is 2.42. The van der Waals surface area contributed by atoms with Gasteiger partial charge in [-0.3, -0.25) is 4.79 Å². The maximum atomic E-state index is 12.7. The number of nitrogens with zero attached hydrogens (tertiary/aromatic N) is 2. The summed E-state index contributed by atoms with van der Waals surface area (Å²) in [5.74, 6) is 2.85. The van der Waals surface area contributed by atoms with E-state index < -0.39 is 6.10 Å². The average Bonchev–Trinajstić information content (AvgIpc) is 3.29. The first-order valence-corrected chi connectivity index (χ1v) is 9.45. The molecule has 4 rings (SSSR count). The van der Waals surface area contributed by atoms with Crippen molar-refractivity contribution < 1.29 is 9.90 Å². The molecule has 0 radical (unpaired) electrons. The summed E-state index contributed by atoms with van der Waals surface area (Å²) in [6, 6.07) is 7.92. The van der Waals surface area contributed by atoms with Gasteiger partial charge in [0.05, 0.1) is 11.0 Å². The first kappa shape index (κ1) is 16.6. The van der Waals surface area contributed by atoms with Gasteiger partial charge in [0.2, 0.25) is 5.91 Å². The zero-order valence-corrected chi connectivity index (χ0v) is 15.0. The highest BCUT2D eigenvalue weighted by molar-refractivity contribution is 5.81. The van der Waals surface area contributed by atoms with Gasteiger partial charge in [-0.2, -0.15) is 0 Å². The molecule has 2 bridgehead atoms. The van der Waals surface area contributed by atoms with E-state index in [0.717, 1.165) is 22.9 Å². The van der Waals surface area contributed by atoms with E-state index in [1.165, 1.54) is 25.7 Å². The van der Waals surface area contributed by atoms with Crippen LogP contribution >= 0.6 is 0 Å². The molecular formula is C20H27N3O2. The number of fused-ring (bicyclic) bond motifs is 3. The second kappa shape index (κ2) is 6.45. The molecule has 1 heterocycles. The summed E-state index contributed by atoms with van der Waals surface area (Å²) in [5.41, 5.74) is 1.70. The summed E-state index contributed by atoms with van der Waals surface area (Å²) in [6.07, 6.45) is 4.61. The molecule has 0 aliphatic heterocycles. The molecule has 2 saturated carbocycles. The molecule has 134 valence electrons. The summed E-state index contributed by atoms with van der Waals surface area (Å²) in [5, 5.41) is 13.2. The predicted molar refractivity (Wildman–Crippen MR) is 96.9 cm³/mol. The molecule has 1 aromatic heterocycles. The number of nitrogens with one attached hydrogen (secondary N) is 1. The van der Waals surface area contributed by atoms with Crippen molar-refractivity contribution >= 4 is 16.9 Å². The monoisotopic (exact) mass is 341 g/mol. The Morgan fingerprint density at radius 3 is 2.80 bits per heavy atom. The van der Waals surface area contributed by atoms with Gasteiger partial charge in [0.15, 0.2) is 0 Å². The van der Waals surface area contributed by atoms with Gasteiger partial charge in [0.25, 0.3) is 0 Å². The summed E-state index contributed by atoms with van der Waals surface area (Å²) in [7, 11) is 0. The molecule has 25 heavy (non-hydrogen) atoms. The SMILES string of the molecule is CC(O)c1nc2ccccc2n1CC(=O)NC(C)C1CC2CCC1C2. The number of para-hydroxylation sites is 2. The summed E-state index contributed by atoms with van der Waals surface area (Å²) < 4.78 is 1.84. The third-order valence-corrected chi connectivity index (χ3v) is 6.18. The van der Waals surface area contributed by atoms with E-state index in [0.29, 0.717) is 11.7 Å². The van der Waals surface area contributed by atoms with E-state index in [1.807, 2.05) is 28.8 Å². The van der Waals surface area contributed by atoms with Crippen molar-refractivity contribution in [1.29, 1.82) is 0 Å². The lowest BCUT2D eigenvalue weighted by Gasteiger charge is -2.28. The first-order valence-electron chi connectivity index (χ1n) is 9.45. The molecule has 5 atom stereocenters. The molecule has 2 aliphatic carbocycles. The van der Waals surface area contributed by atoms with Gasteiger partial charge in [-0.15, -0.1) is 0 Å². The van der Waals surface area contributed by atoms with Crippen LogP contribution < -0.4 is 5.32 Å². The van der Waals surface area contributed by atoms with Gasteiger partial charge in [-0.05, 0) is 63.0 Å². The molecule has 0 saturated heterocycles. The van der Waals surface area contributed by atoms with E-state index in [4.69, 9.17) is 0 Å². The maximum absolute atomic E-state index is 12.7. The van der Waals surface area contributed by atoms with Crippen LogP contribution in [0.3, 0.4) is 0 Å². The lowest BCUT2D eigenvalue weighted by molar-refractivity contribution is -0.122. The average molecular weight is 341 g/mol. The van der Waals surface area contributed by atoms with Crippen molar-refractivity contribution in [3.63, 3.8) is 0 Å². The first-order chi connectivity index (χ1) is 12.0. The molecule has 2 fully saturated rings. The predicted octanol–water partition coefficient (Wildman–Crippen LogP) is 3.03. The minimum absolute atomic E-state index is 0.000302. The van der Waals surface area contributed by atoms with E-state index in [1.54, 1.807) is 6.92 Å². The minimum atomic E-state index is -0.705. The summed E-state index contributed by atoms with van der Waals surface area (Å²) in [4.78, 5) is 17.1. The second-order valence-corrected chi connectivity index (χ2v) is 7.92. The maximum Gasteiger partial charge on any atom is 0.240 e. The Balaban J connectivity index is 1.49. The molecule has 5 nitrogen and oxygen atoms in total. The normalized spacial score (nSPS) is 27.6. The third kappa shape index (κ3) is 3.06. The quantitative estimate of drug-likeness (QED) is 0.878. The van der Waals surface area contributed by atoms with Crippen LogP contribution in [-0.2, 0) is 11.3 Å². The van der Waals surface area contributed by atoms with E-state index in [-0.39, 0.29) is 18.5 Å². The van der Waals surface area contributed by atoms with Crippen molar-refractivity contribution in [2.75, 3.05) is 0 Å². The zero-order chi connectivity index (χ0) is 17.6. The molecule has 1 aromatic carbocycles. The number of carbonyl (C=O) groups is 1. The number of hydrogen-bond acceptors (Lipinski definition) is 3. The van der Waals surface area contributed by atoms with Gasteiger partial charge in [-0.1, -0.05) is 18.6 Å². The number of carbonyl (C=O) groups excluding carboxylic acids is 1. The summed E-state index contributed by atoms with van der Waals surface area (Å²) in [6.45, 7) is 4.03. The lowest BCUT2D eigenvalue weighted by atomic mass is 9.84. The third-order valence-electron chi connectivity index (χ3n) is 6.18. The number of aliphatic hydroxyl groups is 1. The van der Waals surface area contributed by atoms with Crippen LogP contribution in [0.15, 0.2) is 24.3 Å². The number of benzene rings is 1. The minimum Gasteiger partial charge on any atom is -0.385 e.